The molecule has 0 aliphatic carbocycles. The van der Waals surface area contributed by atoms with Crippen LogP contribution in [0.3, 0.4) is 0 Å². The summed E-state index contributed by atoms with van der Waals surface area (Å²) in [4.78, 5) is 0. The van der Waals surface area contributed by atoms with E-state index in [1.165, 1.54) is 0 Å². The normalized spacial score (nSPS) is 8.58. The van der Waals surface area contributed by atoms with Crippen molar-refractivity contribution in [3.63, 3.8) is 0 Å². The highest BCUT2D eigenvalue weighted by Gasteiger charge is 2.02. The fourth-order valence-corrected chi connectivity index (χ4v) is 1.31. The largest absolute Gasteiger partial charge is 0.496 e. The van der Waals surface area contributed by atoms with Gasteiger partial charge in [0.15, 0.2) is 0 Å². The molecular formula is C8H12ClO2P. The summed E-state index contributed by atoms with van der Waals surface area (Å²) in [5, 5.41) is 0.956. The summed E-state index contributed by atoms with van der Waals surface area (Å²) in [5.41, 5.74) is 0. The molecule has 1 aromatic carbocycles. The molecule has 2 nitrogen and oxygen atoms in total. The Morgan fingerprint density at radius 2 is 1.50 bits per heavy atom. The number of hydrogen-bond donors (Lipinski definition) is 0. The van der Waals surface area contributed by atoms with Crippen LogP contribution in [0.15, 0.2) is 18.2 Å². The second-order valence-electron chi connectivity index (χ2n) is 2.08. The first-order chi connectivity index (χ1) is 5.29. The highest BCUT2D eigenvalue weighted by Crippen LogP contribution is 2.18. The van der Waals surface area contributed by atoms with E-state index in [1.54, 1.807) is 14.2 Å². The first kappa shape index (κ1) is 11.5. The van der Waals surface area contributed by atoms with Crippen molar-refractivity contribution in [2.24, 2.45) is 0 Å². The Morgan fingerprint density at radius 3 is 1.83 bits per heavy atom. The summed E-state index contributed by atoms with van der Waals surface area (Å²) >= 11 is 0. The first-order valence-corrected chi connectivity index (χ1v) is 3.83. The Hall–Kier alpha value is -0.460. The van der Waals surface area contributed by atoms with Crippen LogP contribution in [0, 0.1) is 0 Å². The number of halogens is 1. The van der Waals surface area contributed by atoms with E-state index in [2.05, 4.69) is 9.24 Å². The van der Waals surface area contributed by atoms with Crippen LogP contribution in [0.1, 0.15) is 0 Å². The van der Waals surface area contributed by atoms with Crippen molar-refractivity contribution in [2.45, 2.75) is 0 Å². The van der Waals surface area contributed by atoms with Crippen molar-refractivity contribution in [3.8, 4) is 11.5 Å². The van der Waals surface area contributed by atoms with Gasteiger partial charge in [-0.3, -0.25) is 0 Å². The van der Waals surface area contributed by atoms with Gasteiger partial charge in [-0.05, 0) is 12.1 Å². The molecule has 0 aromatic heterocycles. The van der Waals surface area contributed by atoms with E-state index in [1.807, 2.05) is 18.2 Å². The predicted molar refractivity (Wildman–Crippen MR) is 56.1 cm³/mol. The second-order valence-corrected chi connectivity index (χ2v) is 2.65. The van der Waals surface area contributed by atoms with Gasteiger partial charge in [0.2, 0.25) is 0 Å². The van der Waals surface area contributed by atoms with Crippen LogP contribution >= 0.6 is 21.6 Å². The molecule has 0 saturated carbocycles. The van der Waals surface area contributed by atoms with Crippen LogP contribution in [-0.2, 0) is 0 Å². The third kappa shape index (κ3) is 2.26. The molecule has 1 unspecified atom stereocenters. The third-order valence-corrected chi connectivity index (χ3v) is 2.03. The summed E-state index contributed by atoms with van der Waals surface area (Å²) in [6.45, 7) is 0. The van der Waals surface area contributed by atoms with Gasteiger partial charge >= 0.3 is 0 Å². The average Bonchev–Trinajstić information content (AvgIpc) is 2.05. The third-order valence-electron chi connectivity index (χ3n) is 1.47. The molecule has 0 N–H and O–H groups in total. The van der Waals surface area contributed by atoms with Crippen molar-refractivity contribution in [1.82, 2.24) is 0 Å². The summed E-state index contributed by atoms with van der Waals surface area (Å²) < 4.78 is 10.2. The molecule has 0 bridgehead atoms. The van der Waals surface area contributed by atoms with Crippen LogP contribution in [0.25, 0.3) is 0 Å². The Labute approximate surface area is 80.9 Å². The minimum Gasteiger partial charge on any atom is -0.496 e. The number of methoxy groups -OCH3 is 2. The standard InChI is InChI=1S/C8H11O2P.ClH/c1-9-6-4-3-5-7(10-2)8(6)11;/h3-5H,11H2,1-2H3;1H. The molecule has 0 saturated heterocycles. The van der Waals surface area contributed by atoms with Gasteiger partial charge in [-0.2, -0.15) is 0 Å². The zero-order valence-corrected chi connectivity index (χ0v) is 9.01. The Balaban J connectivity index is 0.00000121. The lowest BCUT2D eigenvalue weighted by atomic mass is 10.3. The molecule has 0 radical (unpaired) electrons. The molecule has 4 heteroatoms. The van der Waals surface area contributed by atoms with Crippen molar-refractivity contribution >= 4 is 27.0 Å². The van der Waals surface area contributed by atoms with E-state index in [0.29, 0.717) is 0 Å². The minimum absolute atomic E-state index is 0. The number of benzene rings is 1. The SMILES string of the molecule is COc1cccc(OC)c1P.Cl. The molecule has 68 valence electrons. The van der Waals surface area contributed by atoms with Crippen molar-refractivity contribution in [3.05, 3.63) is 18.2 Å². The number of ether oxygens (including phenoxy) is 2. The zero-order valence-electron chi connectivity index (χ0n) is 7.03. The van der Waals surface area contributed by atoms with Crippen LogP contribution in [0.4, 0.5) is 0 Å². The molecule has 1 rings (SSSR count). The lowest BCUT2D eigenvalue weighted by Crippen LogP contribution is -2.02. The minimum atomic E-state index is 0. The van der Waals surface area contributed by atoms with E-state index < -0.39 is 0 Å². The van der Waals surface area contributed by atoms with Crippen LogP contribution in [-0.4, -0.2) is 14.2 Å². The second kappa shape index (κ2) is 5.23. The summed E-state index contributed by atoms with van der Waals surface area (Å²) in [7, 11) is 5.87. The van der Waals surface area contributed by atoms with E-state index in [9.17, 15) is 0 Å². The van der Waals surface area contributed by atoms with E-state index in [0.717, 1.165) is 16.8 Å². The Bertz CT molecular complexity index is 231. The Morgan fingerprint density at radius 1 is 1.08 bits per heavy atom. The van der Waals surface area contributed by atoms with Gasteiger partial charge in [-0.25, -0.2) is 0 Å². The van der Waals surface area contributed by atoms with E-state index in [-0.39, 0.29) is 12.4 Å². The number of hydrogen-bond acceptors (Lipinski definition) is 2. The highest BCUT2D eigenvalue weighted by atomic mass is 35.5. The molecule has 1 atom stereocenters. The number of rotatable bonds is 2. The van der Waals surface area contributed by atoms with Crippen molar-refractivity contribution in [1.29, 1.82) is 0 Å². The van der Waals surface area contributed by atoms with Gasteiger partial charge in [0.25, 0.3) is 0 Å². The smallest absolute Gasteiger partial charge is 0.129 e. The van der Waals surface area contributed by atoms with Gasteiger partial charge in [-0.1, -0.05) is 15.3 Å². The van der Waals surface area contributed by atoms with Gasteiger partial charge in [0.1, 0.15) is 11.5 Å². The molecule has 12 heavy (non-hydrogen) atoms. The lowest BCUT2D eigenvalue weighted by molar-refractivity contribution is 0.401. The van der Waals surface area contributed by atoms with Crippen LogP contribution in [0.2, 0.25) is 0 Å². The van der Waals surface area contributed by atoms with Gasteiger partial charge < -0.3 is 9.47 Å². The fourth-order valence-electron chi connectivity index (χ4n) is 0.880. The molecular weight excluding hydrogens is 195 g/mol. The monoisotopic (exact) mass is 206 g/mol. The molecule has 0 fully saturated rings. The van der Waals surface area contributed by atoms with Gasteiger partial charge in [0, 0.05) is 0 Å². The predicted octanol–water partition coefficient (Wildman–Crippen LogP) is 1.63. The topological polar surface area (TPSA) is 18.5 Å². The van der Waals surface area contributed by atoms with Gasteiger partial charge in [-0.15, -0.1) is 12.4 Å². The van der Waals surface area contributed by atoms with Crippen molar-refractivity contribution in [2.75, 3.05) is 14.2 Å². The fraction of sp³-hybridized carbons (Fsp3) is 0.250. The van der Waals surface area contributed by atoms with Crippen LogP contribution < -0.4 is 14.8 Å². The molecule has 0 heterocycles. The maximum atomic E-state index is 5.09. The lowest BCUT2D eigenvalue weighted by Gasteiger charge is -2.07. The van der Waals surface area contributed by atoms with Crippen molar-refractivity contribution < 1.29 is 9.47 Å². The quantitative estimate of drug-likeness (QED) is 0.685. The summed E-state index contributed by atoms with van der Waals surface area (Å²) in [6, 6.07) is 5.68. The maximum Gasteiger partial charge on any atom is 0.129 e. The first-order valence-electron chi connectivity index (χ1n) is 3.26. The molecule has 0 aliphatic heterocycles. The summed E-state index contributed by atoms with van der Waals surface area (Å²) in [6.07, 6.45) is 0. The average molecular weight is 207 g/mol. The Kier molecular flexibility index (Phi) is 5.03. The molecule has 0 spiro atoms. The maximum absolute atomic E-state index is 5.09. The molecule has 0 amide bonds. The molecule has 1 aromatic rings. The van der Waals surface area contributed by atoms with Crippen LogP contribution in [0.5, 0.6) is 11.5 Å². The van der Waals surface area contributed by atoms with E-state index >= 15 is 0 Å². The van der Waals surface area contributed by atoms with E-state index in [4.69, 9.17) is 9.47 Å². The highest BCUT2D eigenvalue weighted by molar-refractivity contribution is 7.28. The molecule has 0 aliphatic rings. The zero-order chi connectivity index (χ0) is 8.27. The summed E-state index contributed by atoms with van der Waals surface area (Å²) in [5.74, 6) is 1.66. The van der Waals surface area contributed by atoms with Gasteiger partial charge in [0.05, 0.1) is 19.5 Å².